The molecule has 0 radical (unpaired) electrons. The summed E-state index contributed by atoms with van der Waals surface area (Å²) in [5.74, 6) is 0. The molecule has 0 bridgehead atoms. The minimum atomic E-state index is 0.194. The Hall–Kier alpha value is -2.03. The lowest BCUT2D eigenvalue weighted by Crippen LogP contribution is -2.18. The molecule has 0 aliphatic heterocycles. The quantitative estimate of drug-likeness (QED) is 0.925. The molecule has 0 saturated carbocycles. The van der Waals surface area contributed by atoms with Gasteiger partial charge in [0, 0.05) is 19.8 Å². The van der Waals surface area contributed by atoms with Crippen molar-refractivity contribution in [1.82, 2.24) is 4.98 Å². The van der Waals surface area contributed by atoms with E-state index in [0.29, 0.717) is 5.69 Å². The molecule has 0 saturated heterocycles. The molecule has 1 aromatic heterocycles. The molecule has 1 aromatic carbocycles. The van der Waals surface area contributed by atoms with Crippen LogP contribution in [-0.2, 0) is 12.0 Å². The Bertz CT molecular complexity index is 568. The largest absolute Gasteiger partial charge is 0.396 e. The number of anilines is 2. The van der Waals surface area contributed by atoms with Crippen molar-refractivity contribution in [2.75, 3.05) is 17.7 Å². The van der Waals surface area contributed by atoms with E-state index in [0.717, 1.165) is 12.2 Å². The lowest BCUT2D eigenvalue weighted by molar-refractivity contribution is 0.590. The Morgan fingerprint density at radius 3 is 2.30 bits per heavy atom. The predicted octanol–water partition coefficient (Wildman–Crippen LogP) is 3.60. The Morgan fingerprint density at radius 1 is 1.10 bits per heavy atom. The number of nitrogens with zero attached hydrogens (tertiary/aromatic N) is 2. The summed E-state index contributed by atoms with van der Waals surface area (Å²) in [5, 5.41) is 0. The molecule has 0 fully saturated rings. The molecule has 0 amide bonds. The van der Waals surface area contributed by atoms with E-state index in [1.54, 1.807) is 12.4 Å². The summed E-state index contributed by atoms with van der Waals surface area (Å²) in [5.41, 5.74) is 10.5. The van der Waals surface area contributed by atoms with Crippen LogP contribution in [0.25, 0.3) is 0 Å². The van der Waals surface area contributed by atoms with Crippen LogP contribution in [-0.4, -0.2) is 12.0 Å². The molecule has 3 heteroatoms. The molecule has 0 atom stereocenters. The molecule has 2 N–H and O–H groups in total. The maximum atomic E-state index is 5.95. The van der Waals surface area contributed by atoms with Gasteiger partial charge in [-0.2, -0.15) is 0 Å². The van der Waals surface area contributed by atoms with Gasteiger partial charge in [0.15, 0.2) is 0 Å². The zero-order valence-electron chi connectivity index (χ0n) is 12.7. The number of rotatable bonds is 3. The molecule has 0 spiro atoms. The van der Waals surface area contributed by atoms with E-state index in [2.05, 4.69) is 54.9 Å². The lowest BCUT2D eigenvalue weighted by Gasteiger charge is -2.22. The van der Waals surface area contributed by atoms with Crippen molar-refractivity contribution < 1.29 is 0 Å². The summed E-state index contributed by atoms with van der Waals surface area (Å²) in [4.78, 5) is 6.16. The van der Waals surface area contributed by atoms with E-state index in [-0.39, 0.29) is 5.41 Å². The second-order valence-electron chi connectivity index (χ2n) is 6.24. The summed E-state index contributed by atoms with van der Waals surface area (Å²) < 4.78 is 0. The Balaban J connectivity index is 2.13. The number of nitrogen functional groups attached to an aromatic ring is 1. The highest BCUT2D eigenvalue weighted by Gasteiger charge is 2.13. The van der Waals surface area contributed by atoms with Crippen LogP contribution in [0.5, 0.6) is 0 Å². The highest BCUT2D eigenvalue weighted by atomic mass is 15.1. The molecule has 3 nitrogen and oxygen atoms in total. The van der Waals surface area contributed by atoms with Gasteiger partial charge in [-0.05, 0) is 22.6 Å². The van der Waals surface area contributed by atoms with E-state index in [9.17, 15) is 0 Å². The first-order chi connectivity index (χ1) is 9.38. The summed E-state index contributed by atoms with van der Waals surface area (Å²) in [6, 6.07) is 10.7. The first-order valence-corrected chi connectivity index (χ1v) is 6.88. The molecular formula is C17H23N3. The zero-order chi connectivity index (χ0) is 14.8. The maximum Gasteiger partial charge on any atom is 0.0738 e. The fraction of sp³-hybridized carbons (Fsp3) is 0.353. The van der Waals surface area contributed by atoms with Crippen LogP contribution in [0.4, 0.5) is 11.4 Å². The van der Waals surface area contributed by atoms with Crippen molar-refractivity contribution in [2.45, 2.75) is 32.7 Å². The van der Waals surface area contributed by atoms with Crippen molar-refractivity contribution in [3.63, 3.8) is 0 Å². The van der Waals surface area contributed by atoms with E-state index < -0.39 is 0 Å². The van der Waals surface area contributed by atoms with E-state index in [1.165, 1.54) is 11.1 Å². The SMILES string of the molecule is CN(Cc1ccc(C(C)(C)C)cc1)c1ccncc1N. The normalized spacial score (nSPS) is 11.4. The second kappa shape index (κ2) is 5.53. The second-order valence-corrected chi connectivity index (χ2v) is 6.24. The van der Waals surface area contributed by atoms with Gasteiger partial charge >= 0.3 is 0 Å². The summed E-state index contributed by atoms with van der Waals surface area (Å²) in [7, 11) is 2.05. The monoisotopic (exact) mass is 269 g/mol. The first kappa shape index (κ1) is 14.4. The molecule has 1 heterocycles. The van der Waals surface area contributed by atoms with E-state index >= 15 is 0 Å². The number of aromatic nitrogens is 1. The number of hydrogen-bond acceptors (Lipinski definition) is 3. The van der Waals surface area contributed by atoms with Crippen molar-refractivity contribution in [1.29, 1.82) is 0 Å². The Kier molecular flexibility index (Phi) is 3.98. The van der Waals surface area contributed by atoms with Gasteiger partial charge < -0.3 is 10.6 Å². The van der Waals surface area contributed by atoms with Crippen molar-refractivity contribution >= 4 is 11.4 Å². The molecule has 2 rings (SSSR count). The lowest BCUT2D eigenvalue weighted by atomic mass is 9.87. The van der Waals surface area contributed by atoms with Crippen LogP contribution >= 0.6 is 0 Å². The van der Waals surface area contributed by atoms with Crippen LogP contribution in [0, 0.1) is 0 Å². The summed E-state index contributed by atoms with van der Waals surface area (Å²) in [6.07, 6.45) is 3.46. The fourth-order valence-electron chi connectivity index (χ4n) is 2.22. The number of hydrogen-bond donors (Lipinski definition) is 1. The Morgan fingerprint density at radius 2 is 1.75 bits per heavy atom. The molecule has 2 aromatic rings. The highest BCUT2D eigenvalue weighted by Crippen LogP contribution is 2.24. The highest BCUT2D eigenvalue weighted by molar-refractivity contribution is 5.65. The number of benzene rings is 1. The van der Waals surface area contributed by atoms with E-state index in [1.807, 2.05) is 13.1 Å². The summed E-state index contributed by atoms with van der Waals surface area (Å²) >= 11 is 0. The van der Waals surface area contributed by atoms with Crippen molar-refractivity contribution in [3.8, 4) is 0 Å². The Labute approximate surface area is 121 Å². The average molecular weight is 269 g/mol. The molecule has 0 unspecified atom stereocenters. The van der Waals surface area contributed by atoms with Crippen molar-refractivity contribution in [2.24, 2.45) is 0 Å². The van der Waals surface area contributed by atoms with Gasteiger partial charge in [0.05, 0.1) is 17.6 Å². The molecular weight excluding hydrogens is 246 g/mol. The smallest absolute Gasteiger partial charge is 0.0738 e. The minimum Gasteiger partial charge on any atom is -0.396 e. The van der Waals surface area contributed by atoms with Gasteiger partial charge in [-0.1, -0.05) is 45.0 Å². The van der Waals surface area contributed by atoms with Crippen LogP contribution < -0.4 is 10.6 Å². The molecule has 106 valence electrons. The van der Waals surface area contributed by atoms with Crippen LogP contribution in [0.15, 0.2) is 42.7 Å². The van der Waals surface area contributed by atoms with Gasteiger partial charge in [0.1, 0.15) is 0 Å². The topological polar surface area (TPSA) is 42.2 Å². The first-order valence-electron chi connectivity index (χ1n) is 6.88. The van der Waals surface area contributed by atoms with Gasteiger partial charge in [-0.3, -0.25) is 4.98 Å². The molecule has 20 heavy (non-hydrogen) atoms. The van der Waals surface area contributed by atoms with Crippen LogP contribution in [0.2, 0.25) is 0 Å². The van der Waals surface area contributed by atoms with E-state index in [4.69, 9.17) is 5.73 Å². The third-order valence-electron chi connectivity index (χ3n) is 3.48. The van der Waals surface area contributed by atoms with Crippen LogP contribution in [0.3, 0.4) is 0 Å². The third kappa shape index (κ3) is 3.29. The molecule has 0 aliphatic carbocycles. The zero-order valence-corrected chi connectivity index (χ0v) is 12.7. The van der Waals surface area contributed by atoms with Crippen molar-refractivity contribution in [3.05, 3.63) is 53.9 Å². The molecule has 0 aliphatic rings. The average Bonchev–Trinajstić information content (AvgIpc) is 2.38. The number of pyridine rings is 1. The van der Waals surface area contributed by atoms with Gasteiger partial charge in [-0.25, -0.2) is 0 Å². The van der Waals surface area contributed by atoms with Gasteiger partial charge in [-0.15, -0.1) is 0 Å². The van der Waals surface area contributed by atoms with Gasteiger partial charge in [0.25, 0.3) is 0 Å². The standard InChI is InChI=1S/C17H23N3/c1-17(2,3)14-7-5-13(6-8-14)12-20(4)16-9-10-19-11-15(16)18/h5-11H,12,18H2,1-4H3. The predicted molar refractivity (Wildman–Crippen MR) is 85.9 cm³/mol. The number of nitrogens with two attached hydrogens (primary N) is 1. The maximum absolute atomic E-state index is 5.95. The van der Waals surface area contributed by atoms with Gasteiger partial charge in [0.2, 0.25) is 0 Å². The third-order valence-corrected chi connectivity index (χ3v) is 3.48. The van der Waals surface area contributed by atoms with Crippen LogP contribution in [0.1, 0.15) is 31.9 Å². The fourth-order valence-corrected chi connectivity index (χ4v) is 2.22. The minimum absolute atomic E-state index is 0.194. The summed E-state index contributed by atoms with van der Waals surface area (Å²) in [6.45, 7) is 7.52.